The summed E-state index contributed by atoms with van der Waals surface area (Å²) in [6.07, 6.45) is 0.885. The summed E-state index contributed by atoms with van der Waals surface area (Å²) in [7, 11) is 3.80. The molecule has 0 radical (unpaired) electrons. The van der Waals surface area contributed by atoms with Gasteiger partial charge in [-0.15, -0.1) is 0 Å². The lowest BCUT2D eigenvalue weighted by Crippen LogP contribution is -2.42. The minimum atomic E-state index is -0.368. The topological polar surface area (TPSA) is 48.0 Å². The van der Waals surface area contributed by atoms with E-state index in [0.29, 0.717) is 17.0 Å². The molecule has 2 heterocycles. The van der Waals surface area contributed by atoms with E-state index in [-0.39, 0.29) is 23.6 Å². The Bertz CT molecular complexity index is 1030. The average Bonchev–Trinajstić information content (AvgIpc) is 2.98. The van der Waals surface area contributed by atoms with E-state index in [0.717, 1.165) is 36.6 Å². The van der Waals surface area contributed by atoms with E-state index in [2.05, 4.69) is 31.5 Å². The number of ether oxygens (including phenoxy) is 3. The van der Waals surface area contributed by atoms with Crippen molar-refractivity contribution in [2.24, 2.45) is 0 Å². The van der Waals surface area contributed by atoms with E-state index in [1.54, 1.807) is 31.4 Å². The van der Waals surface area contributed by atoms with Crippen molar-refractivity contribution < 1.29 is 19.0 Å². The Hall–Kier alpha value is -2.50. The first kappa shape index (κ1) is 22.7. The lowest BCUT2D eigenvalue weighted by molar-refractivity contribution is 0.0180. The van der Waals surface area contributed by atoms with Crippen LogP contribution in [0.3, 0.4) is 0 Å². The quantitative estimate of drug-likeness (QED) is 0.431. The highest BCUT2D eigenvalue weighted by Gasteiger charge is 2.53. The van der Waals surface area contributed by atoms with Gasteiger partial charge in [0.05, 0.1) is 18.1 Å². The number of halogens is 1. The number of nitrogens with zero attached hydrogens (tertiary/aromatic N) is 1. The molecule has 0 saturated carbocycles. The van der Waals surface area contributed by atoms with Crippen molar-refractivity contribution in [3.63, 3.8) is 0 Å². The fourth-order valence-electron chi connectivity index (χ4n) is 5.07. The molecule has 0 N–H and O–H groups in total. The molecule has 4 rings (SSSR count). The first-order valence-electron chi connectivity index (χ1n) is 10.9. The molecule has 6 heteroatoms. The third kappa shape index (κ3) is 3.89. The number of esters is 1. The molecule has 0 fully saturated rings. The maximum Gasteiger partial charge on any atom is 0.338 e. The van der Waals surface area contributed by atoms with Crippen molar-refractivity contribution in [2.75, 3.05) is 20.7 Å². The Morgan fingerprint density at radius 2 is 2.03 bits per heavy atom. The van der Waals surface area contributed by atoms with Crippen molar-refractivity contribution in [3.05, 3.63) is 70.3 Å². The van der Waals surface area contributed by atoms with Crippen LogP contribution in [0.1, 0.15) is 48.2 Å². The molecule has 2 aliphatic heterocycles. The van der Waals surface area contributed by atoms with Crippen molar-refractivity contribution >= 4 is 17.6 Å². The van der Waals surface area contributed by atoms with Crippen LogP contribution in [0.2, 0.25) is 5.02 Å². The van der Waals surface area contributed by atoms with Gasteiger partial charge in [-0.25, -0.2) is 4.79 Å². The average molecular weight is 456 g/mol. The van der Waals surface area contributed by atoms with Crippen LogP contribution in [0.4, 0.5) is 0 Å². The molecular weight excluding hydrogens is 426 g/mol. The van der Waals surface area contributed by atoms with Crippen LogP contribution in [-0.2, 0) is 16.7 Å². The molecule has 0 spiro atoms. The van der Waals surface area contributed by atoms with Gasteiger partial charge < -0.3 is 19.1 Å². The third-order valence-electron chi connectivity index (χ3n) is 6.71. The van der Waals surface area contributed by atoms with E-state index in [1.807, 2.05) is 13.0 Å². The Morgan fingerprint density at radius 1 is 1.31 bits per heavy atom. The van der Waals surface area contributed by atoms with Gasteiger partial charge in [-0.1, -0.05) is 29.8 Å². The van der Waals surface area contributed by atoms with Gasteiger partial charge >= 0.3 is 5.97 Å². The van der Waals surface area contributed by atoms with Crippen LogP contribution in [0, 0.1) is 0 Å². The molecule has 170 valence electrons. The minimum Gasteiger partial charge on any atom is -0.493 e. The van der Waals surface area contributed by atoms with Gasteiger partial charge in [0.15, 0.2) is 11.5 Å². The zero-order chi connectivity index (χ0) is 23.0. The minimum absolute atomic E-state index is 0.204. The first-order chi connectivity index (χ1) is 15.3. The number of hydrogen-bond acceptors (Lipinski definition) is 5. The van der Waals surface area contributed by atoms with Crippen molar-refractivity contribution in [1.82, 2.24) is 4.90 Å². The normalized spacial score (nSPS) is 23.0. The predicted molar refractivity (Wildman–Crippen MR) is 126 cm³/mol. The summed E-state index contributed by atoms with van der Waals surface area (Å²) >= 11 is 5.93. The van der Waals surface area contributed by atoms with Gasteiger partial charge in [-0.2, -0.15) is 0 Å². The lowest BCUT2D eigenvalue weighted by atomic mass is 9.67. The number of hydrogen-bond donors (Lipinski definition) is 0. The zero-order valence-electron chi connectivity index (χ0n) is 19.1. The number of methoxy groups -OCH3 is 1. The number of carbonyl (C=O) groups excluding carboxylic acids is 1. The van der Waals surface area contributed by atoms with Crippen LogP contribution < -0.4 is 9.47 Å². The Labute approximate surface area is 194 Å². The van der Waals surface area contributed by atoms with E-state index in [1.165, 1.54) is 11.1 Å². The highest BCUT2D eigenvalue weighted by molar-refractivity contribution is 6.30. The van der Waals surface area contributed by atoms with E-state index in [9.17, 15) is 4.79 Å². The molecule has 0 aromatic heterocycles. The monoisotopic (exact) mass is 455 g/mol. The van der Waals surface area contributed by atoms with E-state index in [4.69, 9.17) is 25.8 Å². The predicted octanol–water partition coefficient (Wildman–Crippen LogP) is 5.39. The lowest BCUT2D eigenvalue weighted by Gasteiger charge is -2.36. The Kier molecular flexibility index (Phi) is 6.24. The highest BCUT2D eigenvalue weighted by Crippen LogP contribution is 2.56. The van der Waals surface area contributed by atoms with Gasteiger partial charge in [-0.05, 0) is 69.8 Å². The number of carbonyl (C=O) groups is 1. The standard InChI is InChI=1S/C26H30ClNO4/c1-16(2)26-12-13-28(4)15-19-8-11-21(30-5)24(23(19)26)32-22(26)14-17(3)31-25(29)18-6-9-20(27)10-7-18/h6-11,17,22H,1,12-15H2,2-5H3/t17-,22-,26+/m0/s1. The Balaban J connectivity index is 1.64. The van der Waals surface area contributed by atoms with Gasteiger partial charge in [-0.3, -0.25) is 0 Å². The fraction of sp³-hybridized carbons (Fsp3) is 0.423. The molecule has 32 heavy (non-hydrogen) atoms. The highest BCUT2D eigenvalue weighted by atomic mass is 35.5. The molecule has 0 bridgehead atoms. The fourth-order valence-corrected chi connectivity index (χ4v) is 5.19. The van der Waals surface area contributed by atoms with Gasteiger partial charge in [0.25, 0.3) is 0 Å². The van der Waals surface area contributed by atoms with Crippen LogP contribution in [0.5, 0.6) is 11.5 Å². The first-order valence-corrected chi connectivity index (χ1v) is 11.3. The molecule has 3 atom stereocenters. The molecule has 2 aromatic carbocycles. The molecule has 2 aliphatic rings. The summed E-state index contributed by atoms with van der Waals surface area (Å²) < 4.78 is 18.0. The molecule has 5 nitrogen and oxygen atoms in total. The van der Waals surface area contributed by atoms with Gasteiger partial charge in [0.2, 0.25) is 0 Å². The van der Waals surface area contributed by atoms with E-state index >= 15 is 0 Å². The van der Waals surface area contributed by atoms with Crippen molar-refractivity contribution in [1.29, 1.82) is 0 Å². The second kappa shape index (κ2) is 8.80. The van der Waals surface area contributed by atoms with Crippen molar-refractivity contribution in [3.8, 4) is 11.5 Å². The molecule has 0 amide bonds. The second-order valence-electron chi connectivity index (χ2n) is 8.94. The molecule has 0 saturated heterocycles. The summed E-state index contributed by atoms with van der Waals surface area (Å²) in [6, 6.07) is 10.8. The van der Waals surface area contributed by atoms with Crippen LogP contribution in [0.25, 0.3) is 0 Å². The summed E-state index contributed by atoms with van der Waals surface area (Å²) in [4.78, 5) is 15.0. The summed E-state index contributed by atoms with van der Waals surface area (Å²) in [5.74, 6) is 1.16. The maximum atomic E-state index is 12.6. The summed E-state index contributed by atoms with van der Waals surface area (Å²) in [5, 5.41) is 0.582. The van der Waals surface area contributed by atoms with Crippen LogP contribution >= 0.6 is 11.6 Å². The molecular formula is C26H30ClNO4. The molecule has 0 unspecified atom stereocenters. The zero-order valence-corrected chi connectivity index (χ0v) is 19.9. The summed E-state index contributed by atoms with van der Waals surface area (Å²) in [5.41, 5.74) is 3.59. The Morgan fingerprint density at radius 3 is 2.69 bits per heavy atom. The molecule has 0 aliphatic carbocycles. The van der Waals surface area contributed by atoms with Gasteiger partial charge in [0.1, 0.15) is 12.2 Å². The molecule has 2 aromatic rings. The van der Waals surface area contributed by atoms with Crippen LogP contribution in [-0.4, -0.2) is 43.8 Å². The van der Waals surface area contributed by atoms with E-state index < -0.39 is 0 Å². The van der Waals surface area contributed by atoms with Crippen molar-refractivity contribution in [2.45, 2.75) is 50.9 Å². The number of rotatable bonds is 6. The van der Waals surface area contributed by atoms with Crippen LogP contribution in [0.15, 0.2) is 48.6 Å². The maximum absolute atomic E-state index is 12.6. The second-order valence-corrected chi connectivity index (χ2v) is 9.37. The number of benzene rings is 2. The largest absolute Gasteiger partial charge is 0.493 e. The third-order valence-corrected chi connectivity index (χ3v) is 6.96. The SMILES string of the molecule is C=C(C)[C@@]12CCN(C)Cc3ccc(OC)c(c31)O[C@H]2C[C@H](C)OC(=O)c1ccc(Cl)cc1. The van der Waals surface area contributed by atoms with Gasteiger partial charge in [0, 0.05) is 23.6 Å². The summed E-state index contributed by atoms with van der Waals surface area (Å²) in [6.45, 7) is 10.1. The smallest absolute Gasteiger partial charge is 0.338 e.